The molecule has 0 atom stereocenters. The summed E-state index contributed by atoms with van der Waals surface area (Å²) >= 11 is 0.771. The molecular weight excluding hydrogens is 434 g/mol. The molecule has 3 heterocycles. The Morgan fingerprint density at radius 1 is 1.19 bits per heavy atom. The maximum Gasteiger partial charge on any atom is 0.294 e. The zero-order chi connectivity index (χ0) is 22.8. The Bertz CT molecular complexity index is 1130. The third-order valence-corrected chi connectivity index (χ3v) is 6.37. The predicted octanol–water partition coefficient (Wildman–Crippen LogP) is 4.21. The van der Waals surface area contributed by atoms with Crippen LogP contribution >= 0.6 is 11.8 Å². The van der Waals surface area contributed by atoms with Crippen LogP contribution in [0.25, 0.3) is 17.4 Å². The van der Waals surface area contributed by atoms with Gasteiger partial charge < -0.3 is 9.32 Å². The molecule has 10 heteroatoms. The van der Waals surface area contributed by atoms with Gasteiger partial charge in [0.25, 0.3) is 16.8 Å². The van der Waals surface area contributed by atoms with Gasteiger partial charge in [-0.3, -0.25) is 29.4 Å². The van der Waals surface area contributed by atoms with Crippen molar-refractivity contribution in [1.29, 1.82) is 0 Å². The minimum atomic E-state index is -0.519. The van der Waals surface area contributed by atoms with Crippen molar-refractivity contribution >= 4 is 40.6 Å². The molecule has 2 fully saturated rings. The molecule has 9 nitrogen and oxygen atoms in total. The van der Waals surface area contributed by atoms with E-state index in [0.29, 0.717) is 35.7 Å². The Labute approximate surface area is 188 Å². The number of hydrogen-bond donors (Lipinski definition) is 0. The zero-order valence-corrected chi connectivity index (χ0v) is 18.2. The SMILES string of the molecule is Cc1cc([N+](=O)[O-])ccc1-c1ccc(C=C2SC(=O)N(CC(=O)N3CCCCC3)C2=O)o1. The van der Waals surface area contributed by atoms with Gasteiger partial charge in [-0.05, 0) is 61.7 Å². The van der Waals surface area contributed by atoms with E-state index in [1.807, 2.05) is 0 Å². The fourth-order valence-electron chi connectivity index (χ4n) is 3.76. The van der Waals surface area contributed by atoms with Gasteiger partial charge in [-0.15, -0.1) is 0 Å². The van der Waals surface area contributed by atoms with Crippen LogP contribution in [0.3, 0.4) is 0 Å². The van der Waals surface area contributed by atoms with Gasteiger partial charge in [0, 0.05) is 36.9 Å². The van der Waals surface area contributed by atoms with Crippen LogP contribution in [0.2, 0.25) is 0 Å². The minimum absolute atomic E-state index is 0.00851. The maximum absolute atomic E-state index is 12.7. The molecule has 1 aromatic carbocycles. The van der Waals surface area contributed by atoms with E-state index in [9.17, 15) is 24.5 Å². The number of amides is 3. The predicted molar refractivity (Wildman–Crippen MR) is 119 cm³/mol. The summed E-state index contributed by atoms with van der Waals surface area (Å²) in [5.41, 5.74) is 1.36. The van der Waals surface area contributed by atoms with Crippen LogP contribution in [0.1, 0.15) is 30.6 Å². The summed E-state index contributed by atoms with van der Waals surface area (Å²) < 4.78 is 5.79. The van der Waals surface area contributed by atoms with Gasteiger partial charge in [0.1, 0.15) is 18.1 Å². The monoisotopic (exact) mass is 455 g/mol. The number of carbonyl (C=O) groups excluding carboxylic acids is 3. The van der Waals surface area contributed by atoms with Gasteiger partial charge in [0.05, 0.1) is 9.83 Å². The molecule has 0 bridgehead atoms. The van der Waals surface area contributed by atoms with E-state index in [-0.39, 0.29) is 23.0 Å². The second-order valence-corrected chi connectivity index (χ2v) is 8.66. The molecule has 32 heavy (non-hydrogen) atoms. The Hall–Kier alpha value is -3.40. The van der Waals surface area contributed by atoms with Crippen molar-refractivity contribution in [2.24, 2.45) is 0 Å². The topological polar surface area (TPSA) is 114 Å². The lowest BCUT2D eigenvalue weighted by molar-refractivity contribution is -0.384. The molecule has 2 aromatic rings. The number of rotatable bonds is 5. The smallest absolute Gasteiger partial charge is 0.294 e. The highest BCUT2D eigenvalue weighted by molar-refractivity contribution is 8.18. The third-order valence-electron chi connectivity index (χ3n) is 5.46. The molecule has 2 saturated heterocycles. The van der Waals surface area contributed by atoms with E-state index in [1.165, 1.54) is 18.2 Å². The number of benzene rings is 1. The summed E-state index contributed by atoms with van der Waals surface area (Å²) in [6, 6.07) is 7.82. The normalized spacial score (nSPS) is 18.0. The minimum Gasteiger partial charge on any atom is -0.457 e. The number of thioether (sulfide) groups is 1. The fourth-order valence-corrected chi connectivity index (χ4v) is 4.58. The average Bonchev–Trinajstić information content (AvgIpc) is 3.34. The van der Waals surface area contributed by atoms with Crippen LogP contribution in [0.4, 0.5) is 10.5 Å². The summed E-state index contributed by atoms with van der Waals surface area (Å²) in [7, 11) is 0. The number of carbonyl (C=O) groups is 3. The van der Waals surface area contributed by atoms with E-state index >= 15 is 0 Å². The highest BCUT2D eigenvalue weighted by Gasteiger charge is 2.37. The second-order valence-electron chi connectivity index (χ2n) is 7.67. The molecule has 4 rings (SSSR count). The van der Waals surface area contributed by atoms with Crippen molar-refractivity contribution in [3.05, 3.63) is 56.7 Å². The Morgan fingerprint density at radius 3 is 2.62 bits per heavy atom. The molecule has 3 amide bonds. The largest absolute Gasteiger partial charge is 0.457 e. The number of hydrogen-bond acceptors (Lipinski definition) is 7. The molecule has 0 N–H and O–H groups in total. The van der Waals surface area contributed by atoms with Crippen molar-refractivity contribution in [2.45, 2.75) is 26.2 Å². The first-order valence-corrected chi connectivity index (χ1v) is 11.0. The van der Waals surface area contributed by atoms with Crippen molar-refractivity contribution in [3.8, 4) is 11.3 Å². The Morgan fingerprint density at radius 2 is 1.94 bits per heavy atom. The summed E-state index contributed by atoms with van der Waals surface area (Å²) in [4.78, 5) is 50.8. The van der Waals surface area contributed by atoms with Gasteiger partial charge in [0.15, 0.2) is 0 Å². The molecule has 0 unspecified atom stereocenters. The first-order chi connectivity index (χ1) is 15.3. The number of nitro benzene ring substituents is 1. The molecule has 1 aromatic heterocycles. The molecule has 166 valence electrons. The van der Waals surface area contributed by atoms with Gasteiger partial charge in [0.2, 0.25) is 5.91 Å². The molecule has 0 spiro atoms. The standard InChI is InChI=1S/C22H21N3O6S/c1-14-11-15(25(29)30)5-7-17(14)18-8-6-16(31-18)12-19-21(27)24(22(28)32-19)13-20(26)23-9-3-2-4-10-23/h5-8,11-12H,2-4,9-10,13H2,1H3. The molecule has 0 saturated carbocycles. The summed E-state index contributed by atoms with van der Waals surface area (Å²) in [6.07, 6.45) is 4.42. The summed E-state index contributed by atoms with van der Waals surface area (Å²) in [5.74, 6) is 0.116. The molecule has 0 radical (unpaired) electrons. The number of non-ortho nitro benzene ring substituents is 1. The number of nitrogens with zero attached hydrogens (tertiary/aromatic N) is 3. The number of likely N-dealkylation sites (tertiary alicyclic amines) is 1. The Kier molecular flexibility index (Phi) is 6.13. The van der Waals surface area contributed by atoms with Crippen molar-refractivity contribution < 1.29 is 23.7 Å². The van der Waals surface area contributed by atoms with Crippen LogP contribution in [-0.4, -0.2) is 51.4 Å². The van der Waals surface area contributed by atoms with Crippen LogP contribution in [0, 0.1) is 17.0 Å². The summed E-state index contributed by atoms with van der Waals surface area (Å²) in [6.45, 7) is 2.80. The molecule has 2 aliphatic heterocycles. The van der Waals surface area contributed by atoms with Gasteiger partial charge in [-0.1, -0.05) is 0 Å². The van der Waals surface area contributed by atoms with E-state index < -0.39 is 16.1 Å². The lowest BCUT2D eigenvalue weighted by Gasteiger charge is -2.27. The molecule has 0 aliphatic carbocycles. The van der Waals surface area contributed by atoms with Crippen LogP contribution in [-0.2, 0) is 9.59 Å². The van der Waals surface area contributed by atoms with Crippen molar-refractivity contribution in [2.75, 3.05) is 19.6 Å². The lowest BCUT2D eigenvalue weighted by Crippen LogP contribution is -2.44. The van der Waals surface area contributed by atoms with Gasteiger partial charge in [-0.2, -0.15) is 0 Å². The van der Waals surface area contributed by atoms with Crippen LogP contribution in [0.15, 0.2) is 39.7 Å². The second kappa shape index (κ2) is 8.99. The lowest BCUT2D eigenvalue weighted by atomic mass is 10.1. The Balaban J connectivity index is 1.48. The van der Waals surface area contributed by atoms with Gasteiger partial charge in [-0.25, -0.2) is 0 Å². The quantitative estimate of drug-likeness (QED) is 0.377. The number of imide groups is 1. The van der Waals surface area contributed by atoms with Gasteiger partial charge >= 0.3 is 0 Å². The highest BCUT2D eigenvalue weighted by Crippen LogP contribution is 2.34. The van der Waals surface area contributed by atoms with Crippen molar-refractivity contribution in [1.82, 2.24) is 9.80 Å². The van der Waals surface area contributed by atoms with E-state index in [0.717, 1.165) is 35.9 Å². The first-order valence-electron chi connectivity index (χ1n) is 10.2. The first kappa shape index (κ1) is 21.8. The van der Waals surface area contributed by atoms with E-state index in [4.69, 9.17) is 4.42 Å². The summed E-state index contributed by atoms with van der Waals surface area (Å²) in [5, 5.41) is 10.4. The fraction of sp³-hybridized carbons (Fsp3) is 0.318. The number of piperidine rings is 1. The van der Waals surface area contributed by atoms with E-state index in [1.54, 1.807) is 30.0 Å². The zero-order valence-electron chi connectivity index (χ0n) is 17.4. The molecule has 2 aliphatic rings. The van der Waals surface area contributed by atoms with Crippen LogP contribution in [0.5, 0.6) is 0 Å². The number of aryl methyl sites for hydroxylation is 1. The molecular formula is C22H21N3O6S. The van der Waals surface area contributed by atoms with E-state index in [2.05, 4.69) is 0 Å². The number of nitro groups is 1. The highest BCUT2D eigenvalue weighted by atomic mass is 32.2. The third kappa shape index (κ3) is 4.45. The maximum atomic E-state index is 12.7. The van der Waals surface area contributed by atoms with Crippen LogP contribution < -0.4 is 0 Å². The number of furan rings is 1. The average molecular weight is 455 g/mol. The van der Waals surface area contributed by atoms with Crippen molar-refractivity contribution in [3.63, 3.8) is 0 Å².